The van der Waals surface area contributed by atoms with E-state index in [2.05, 4.69) is 5.32 Å². The lowest BCUT2D eigenvalue weighted by Gasteiger charge is -2.34. The van der Waals surface area contributed by atoms with Crippen molar-refractivity contribution < 1.29 is 23.1 Å². The molecule has 0 aromatic rings. The molecule has 1 heterocycles. The van der Waals surface area contributed by atoms with Crippen LogP contribution < -0.4 is 5.32 Å². The van der Waals surface area contributed by atoms with Crippen molar-refractivity contribution >= 4 is 5.91 Å². The maximum absolute atomic E-state index is 12.4. The predicted octanol–water partition coefficient (Wildman–Crippen LogP) is 2.17. The van der Waals surface area contributed by atoms with Crippen LogP contribution in [0, 0.1) is 11.8 Å². The minimum Gasteiger partial charge on any atom is -0.388 e. The first-order valence-electron chi connectivity index (χ1n) is 7.84. The zero-order chi connectivity index (χ0) is 17.0. The van der Waals surface area contributed by atoms with E-state index in [4.69, 9.17) is 0 Å². The van der Waals surface area contributed by atoms with E-state index in [0.29, 0.717) is 19.4 Å². The summed E-state index contributed by atoms with van der Waals surface area (Å²) in [5.41, 5.74) is -1.01. The molecule has 0 radical (unpaired) electrons. The molecule has 1 saturated heterocycles. The summed E-state index contributed by atoms with van der Waals surface area (Å²) in [6, 6.07) is 0. The molecule has 1 aliphatic rings. The van der Waals surface area contributed by atoms with E-state index in [1.54, 1.807) is 6.92 Å². The fraction of sp³-hybridized carbons (Fsp3) is 0.933. The van der Waals surface area contributed by atoms with E-state index < -0.39 is 24.2 Å². The summed E-state index contributed by atoms with van der Waals surface area (Å²) in [7, 11) is 0. The van der Waals surface area contributed by atoms with Crippen molar-refractivity contribution in [2.45, 2.75) is 51.8 Å². The van der Waals surface area contributed by atoms with Gasteiger partial charge < -0.3 is 10.4 Å². The number of likely N-dealkylation sites (tertiary alicyclic amines) is 1. The number of aliphatic hydroxyl groups is 1. The van der Waals surface area contributed by atoms with Gasteiger partial charge in [0.1, 0.15) is 0 Å². The number of carbonyl (C=O) groups excluding carboxylic acids is 1. The lowest BCUT2D eigenvalue weighted by Crippen LogP contribution is -2.50. The summed E-state index contributed by atoms with van der Waals surface area (Å²) in [5.74, 6) is -0.680. The van der Waals surface area contributed by atoms with E-state index in [0.717, 1.165) is 6.42 Å². The van der Waals surface area contributed by atoms with Crippen molar-refractivity contribution in [1.82, 2.24) is 10.2 Å². The SMILES string of the molecule is CCC(C)C(C)(O)CNC(=O)C1CCCN(CC(F)(F)F)C1. The molecule has 1 fully saturated rings. The summed E-state index contributed by atoms with van der Waals surface area (Å²) in [6.07, 6.45) is -2.29. The fourth-order valence-electron chi connectivity index (χ4n) is 2.69. The van der Waals surface area contributed by atoms with Gasteiger partial charge in [-0.25, -0.2) is 0 Å². The summed E-state index contributed by atoms with van der Waals surface area (Å²) in [5, 5.41) is 13.0. The van der Waals surface area contributed by atoms with E-state index in [1.165, 1.54) is 4.90 Å². The number of hydrogen-bond donors (Lipinski definition) is 2. The van der Waals surface area contributed by atoms with E-state index in [1.807, 2.05) is 13.8 Å². The zero-order valence-electron chi connectivity index (χ0n) is 13.5. The Kier molecular flexibility index (Phi) is 6.67. The monoisotopic (exact) mass is 324 g/mol. The Balaban J connectivity index is 2.48. The molecule has 0 saturated carbocycles. The molecule has 0 bridgehead atoms. The molecule has 0 aromatic carbocycles. The number of halogens is 3. The molecule has 0 spiro atoms. The number of hydrogen-bond acceptors (Lipinski definition) is 3. The molecule has 1 amide bonds. The van der Waals surface area contributed by atoms with Gasteiger partial charge in [-0.2, -0.15) is 13.2 Å². The van der Waals surface area contributed by atoms with Crippen LogP contribution in [0.25, 0.3) is 0 Å². The second-order valence-corrected chi connectivity index (χ2v) is 6.57. The number of carbonyl (C=O) groups is 1. The minimum atomic E-state index is -4.24. The van der Waals surface area contributed by atoms with Gasteiger partial charge in [-0.1, -0.05) is 20.3 Å². The Morgan fingerprint density at radius 3 is 2.64 bits per heavy atom. The average molecular weight is 324 g/mol. The van der Waals surface area contributed by atoms with Gasteiger partial charge in [0.2, 0.25) is 5.91 Å². The first kappa shape index (κ1) is 19.2. The largest absolute Gasteiger partial charge is 0.401 e. The molecule has 3 unspecified atom stereocenters. The maximum Gasteiger partial charge on any atom is 0.401 e. The molecular weight excluding hydrogens is 297 g/mol. The van der Waals surface area contributed by atoms with Crippen molar-refractivity contribution in [2.24, 2.45) is 11.8 Å². The van der Waals surface area contributed by atoms with Gasteiger partial charge in [0, 0.05) is 13.1 Å². The molecular formula is C15H27F3N2O2. The lowest BCUT2D eigenvalue weighted by molar-refractivity contribution is -0.152. The third-order valence-electron chi connectivity index (χ3n) is 4.57. The van der Waals surface area contributed by atoms with Crippen molar-refractivity contribution in [3.8, 4) is 0 Å². The van der Waals surface area contributed by atoms with Crippen LogP contribution in [0.4, 0.5) is 13.2 Å². The van der Waals surface area contributed by atoms with Crippen LogP contribution in [0.5, 0.6) is 0 Å². The van der Waals surface area contributed by atoms with Gasteiger partial charge in [0.25, 0.3) is 0 Å². The predicted molar refractivity (Wildman–Crippen MR) is 78.3 cm³/mol. The second-order valence-electron chi connectivity index (χ2n) is 6.57. The van der Waals surface area contributed by atoms with Crippen LogP contribution in [0.15, 0.2) is 0 Å². The van der Waals surface area contributed by atoms with Crippen LogP contribution in [0.2, 0.25) is 0 Å². The molecule has 0 aromatic heterocycles. The molecule has 0 aliphatic carbocycles. The molecule has 2 N–H and O–H groups in total. The summed E-state index contributed by atoms with van der Waals surface area (Å²) >= 11 is 0. The highest BCUT2D eigenvalue weighted by Crippen LogP contribution is 2.23. The molecule has 4 nitrogen and oxygen atoms in total. The molecule has 1 aliphatic heterocycles. The standard InChI is InChI=1S/C15H27F3N2O2/c1-4-11(2)14(3,22)9-19-13(21)12-6-5-7-20(8-12)10-15(16,17)18/h11-12,22H,4-10H2,1-3H3,(H,19,21). The van der Waals surface area contributed by atoms with Crippen LogP contribution in [0.1, 0.15) is 40.0 Å². The summed E-state index contributed by atoms with van der Waals surface area (Å²) in [4.78, 5) is 13.4. The number of piperidine rings is 1. The number of alkyl halides is 3. The number of nitrogens with one attached hydrogen (secondary N) is 1. The summed E-state index contributed by atoms with van der Waals surface area (Å²) in [6.45, 7) is 5.16. The minimum absolute atomic E-state index is 0.0286. The van der Waals surface area contributed by atoms with Gasteiger partial charge in [-0.3, -0.25) is 9.69 Å². The molecule has 3 atom stereocenters. The highest BCUT2D eigenvalue weighted by Gasteiger charge is 2.35. The van der Waals surface area contributed by atoms with Crippen LogP contribution in [0.3, 0.4) is 0 Å². The first-order valence-corrected chi connectivity index (χ1v) is 7.84. The number of rotatable bonds is 6. The van der Waals surface area contributed by atoms with Crippen molar-refractivity contribution in [1.29, 1.82) is 0 Å². The average Bonchev–Trinajstić information content (AvgIpc) is 2.42. The molecule has 130 valence electrons. The second kappa shape index (κ2) is 7.64. The van der Waals surface area contributed by atoms with Gasteiger partial charge >= 0.3 is 6.18 Å². The Morgan fingerprint density at radius 1 is 1.45 bits per heavy atom. The maximum atomic E-state index is 12.4. The molecule has 1 rings (SSSR count). The van der Waals surface area contributed by atoms with Crippen molar-refractivity contribution in [2.75, 3.05) is 26.2 Å². The third kappa shape index (κ3) is 6.12. The van der Waals surface area contributed by atoms with Crippen molar-refractivity contribution in [3.05, 3.63) is 0 Å². The third-order valence-corrected chi connectivity index (χ3v) is 4.57. The van der Waals surface area contributed by atoms with Crippen LogP contribution >= 0.6 is 0 Å². The van der Waals surface area contributed by atoms with E-state index in [-0.39, 0.29) is 24.9 Å². The number of amides is 1. The Bertz CT molecular complexity index is 372. The normalized spacial score (nSPS) is 24.6. The highest BCUT2D eigenvalue weighted by molar-refractivity contribution is 5.79. The van der Waals surface area contributed by atoms with Gasteiger partial charge in [-0.15, -0.1) is 0 Å². The highest BCUT2D eigenvalue weighted by atomic mass is 19.4. The Labute approximate surface area is 130 Å². The Hall–Kier alpha value is -0.820. The zero-order valence-corrected chi connectivity index (χ0v) is 13.5. The quantitative estimate of drug-likeness (QED) is 0.787. The lowest BCUT2D eigenvalue weighted by atomic mass is 9.88. The van der Waals surface area contributed by atoms with Gasteiger partial charge in [0.05, 0.1) is 18.1 Å². The Morgan fingerprint density at radius 2 is 2.09 bits per heavy atom. The van der Waals surface area contributed by atoms with Gasteiger partial charge in [0.15, 0.2) is 0 Å². The van der Waals surface area contributed by atoms with Gasteiger partial charge in [-0.05, 0) is 32.2 Å². The molecule has 22 heavy (non-hydrogen) atoms. The van der Waals surface area contributed by atoms with E-state index in [9.17, 15) is 23.1 Å². The number of nitrogens with zero attached hydrogens (tertiary/aromatic N) is 1. The van der Waals surface area contributed by atoms with Crippen molar-refractivity contribution in [3.63, 3.8) is 0 Å². The summed E-state index contributed by atoms with van der Waals surface area (Å²) < 4.78 is 37.3. The fourth-order valence-corrected chi connectivity index (χ4v) is 2.69. The van der Waals surface area contributed by atoms with Crippen LogP contribution in [-0.2, 0) is 4.79 Å². The van der Waals surface area contributed by atoms with E-state index >= 15 is 0 Å². The topological polar surface area (TPSA) is 52.6 Å². The smallest absolute Gasteiger partial charge is 0.388 e. The first-order chi connectivity index (χ1) is 10.0. The molecule has 7 heteroatoms. The van der Waals surface area contributed by atoms with Crippen LogP contribution in [-0.4, -0.2) is 53.9 Å².